The average molecular weight is 311 g/mol. The summed E-state index contributed by atoms with van der Waals surface area (Å²) in [5.41, 5.74) is 4.59. The number of nitrogens with one attached hydrogen (secondary N) is 1. The Morgan fingerprint density at radius 3 is 2.58 bits per heavy atom. The van der Waals surface area contributed by atoms with Crippen LogP contribution in [0.25, 0.3) is 0 Å². The molecule has 1 aromatic carbocycles. The van der Waals surface area contributed by atoms with Gasteiger partial charge in [-0.05, 0) is 32.4 Å². The standard InChI is InChI=1S/C11H16ClFN2O3S/c1-11(2,3-4-16)15-19(17,18)9-6-7(14)5-8(12)10(9)13/h5-6,15-16H,3-4,14H2,1-2H3. The van der Waals surface area contributed by atoms with E-state index >= 15 is 0 Å². The molecule has 0 atom stereocenters. The molecule has 0 heterocycles. The number of nitrogens with two attached hydrogens (primary N) is 1. The van der Waals surface area contributed by atoms with Gasteiger partial charge >= 0.3 is 0 Å². The van der Waals surface area contributed by atoms with Crippen molar-refractivity contribution in [1.29, 1.82) is 0 Å². The van der Waals surface area contributed by atoms with E-state index in [9.17, 15) is 12.8 Å². The quantitative estimate of drug-likeness (QED) is 0.719. The Morgan fingerprint density at radius 2 is 2.05 bits per heavy atom. The van der Waals surface area contributed by atoms with Crippen molar-refractivity contribution < 1.29 is 17.9 Å². The van der Waals surface area contributed by atoms with Crippen molar-refractivity contribution in [2.45, 2.75) is 30.7 Å². The molecule has 5 nitrogen and oxygen atoms in total. The van der Waals surface area contributed by atoms with Crippen LogP contribution in [0.3, 0.4) is 0 Å². The number of aliphatic hydroxyl groups excluding tert-OH is 1. The zero-order valence-electron chi connectivity index (χ0n) is 10.6. The maximum Gasteiger partial charge on any atom is 0.244 e. The van der Waals surface area contributed by atoms with Crippen LogP contribution in [0.4, 0.5) is 10.1 Å². The molecule has 0 radical (unpaired) electrons. The summed E-state index contributed by atoms with van der Waals surface area (Å²) in [5.74, 6) is -1.05. The third-order valence-corrected chi connectivity index (χ3v) is 4.43. The molecule has 0 amide bonds. The molecule has 19 heavy (non-hydrogen) atoms. The number of nitrogen functional groups attached to an aromatic ring is 1. The molecule has 0 spiro atoms. The average Bonchev–Trinajstić information content (AvgIpc) is 2.21. The monoisotopic (exact) mass is 310 g/mol. The molecule has 0 bridgehead atoms. The highest BCUT2D eigenvalue weighted by Crippen LogP contribution is 2.26. The number of hydrogen-bond acceptors (Lipinski definition) is 4. The zero-order chi connectivity index (χ0) is 14.8. The number of aliphatic hydroxyl groups is 1. The topological polar surface area (TPSA) is 92.4 Å². The van der Waals surface area contributed by atoms with Crippen LogP contribution in [0.1, 0.15) is 20.3 Å². The summed E-state index contributed by atoms with van der Waals surface area (Å²) in [6.45, 7) is 2.95. The van der Waals surface area contributed by atoms with Gasteiger partial charge in [-0.25, -0.2) is 17.5 Å². The minimum Gasteiger partial charge on any atom is -0.399 e. The van der Waals surface area contributed by atoms with Crippen LogP contribution in [0.2, 0.25) is 5.02 Å². The maximum absolute atomic E-state index is 13.8. The van der Waals surface area contributed by atoms with Crippen LogP contribution in [0.5, 0.6) is 0 Å². The van der Waals surface area contributed by atoms with Crippen molar-refractivity contribution in [2.24, 2.45) is 0 Å². The Labute approximate surface area is 116 Å². The van der Waals surface area contributed by atoms with E-state index in [1.54, 1.807) is 13.8 Å². The summed E-state index contributed by atoms with van der Waals surface area (Å²) in [5, 5.41) is 8.50. The summed E-state index contributed by atoms with van der Waals surface area (Å²) >= 11 is 5.57. The SMILES string of the molecule is CC(C)(CCO)NS(=O)(=O)c1cc(N)cc(Cl)c1F. The first-order chi connectivity index (χ1) is 8.59. The van der Waals surface area contributed by atoms with E-state index in [-0.39, 0.29) is 23.7 Å². The number of anilines is 1. The highest BCUT2D eigenvalue weighted by Gasteiger charge is 2.29. The molecular formula is C11H16ClFN2O3S. The minimum atomic E-state index is -4.12. The van der Waals surface area contributed by atoms with Crippen LogP contribution in [0.15, 0.2) is 17.0 Å². The van der Waals surface area contributed by atoms with Gasteiger partial charge in [-0.1, -0.05) is 11.6 Å². The second kappa shape index (κ2) is 5.62. The van der Waals surface area contributed by atoms with E-state index in [2.05, 4.69) is 4.72 Å². The van der Waals surface area contributed by atoms with Gasteiger partial charge in [-0.2, -0.15) is 0 Å². The maximum atomic E-state index is 13.8. The first-order valence-electron chi connectivity index (χ1n) is 5.48. The van der Waals surface area contributed by atoms with Gasteiger partial charge < -0.3 is 10.8 Å². The molecule has 0 unspecified atom stereocenters. The molecular weight excluding hydrogens is 295 g/mol. The Morgan fingerprint density at radius 1 is 1.47 bits per heavy atom. The second-order valence-corrected chi connectivity index (χ2v) is 6.84. The first kappa shape index (κ1) is 16.2. The fourth-order valence-electron chi connectivity index (χ4n) is 1.53. The molecule has 1 aromatic rings. The number of benzene rings is 1. The van der Waals surface area contributed by atoms with Crippen LogP contribution >= 0.6 is 11.6 Å². The second-order valence-electron chi connectivity index (χ2n) is 4.78. The third-order valence-electron chi connectivity index (χ3n) is 2.45. The fraction of sp³-hybridized carbons (Fsp3) is 0.455. The lowest BCUT2D eigenvalue weighted by Gasteiger charge is -2.25. The molecule has 0 aliphatic heterocycles. The minimum absolute atomic E-state index is 0.0479. The predicted molar refractivity (Wildman–Crippen MR) is 71.9 cm³/mol. The Kier molecular flexibility index (Phi) is 4.78. The van der Waals surface area contributed by atoms with Gasteiger partial charge in [0.1, 0.15) is 4.90 Å². The Hall–Kier alpha value is -0.890. The van der Waals surface area contributed by atoms with E-state index < -0.39 is 26.3 Å². The molecule has 108 valence electrons. The van der Waals surface area contributed by atoms with E-state index in [1.807, 2.05) is 0 Å². The lowest BCUT2D eigenvalue weighted by molar-refractivity contribution is 0.245. The molecule has 0 aliphatic rings. The van der Waals surface area contributed by atoms with Gasteiger partial charge in [-0.3, -0.25) is 0 Å². The molecule has 1 rings (SSSR count). The van der Waals surface area contributed by atoms with Crippen LogP contribution in [0, 0.1) is 5.82 Å². The van der Waals surface area contributed by atoms with E-state index in [0.717, 1.165) is 12.1 Å². The summed E-state index contributed by atoms with van der Waals surface area (Å²) < 4.78 is 40.3. The number of sulfonamides is 1. The molecule has 0 aromatic heterocycles. The molecule has 0 saturated heterocycles. The fourth-order valence-corrected chi connectivity index (χ4v) is 3.39. The van der Waals surface area contributed by atoms with Crippen molar-refractivity contribution in [1.82, 2.24) is 4.72 Å². The highest BCUT2D eigenvalue weighted by molar-refractivity contribution is 7.89. The lowest BCUT2D eigenvalue weighted by Crippen LogP contribution is -2.44. The predicted octanol–water partition coefficient (Wildman–Crippen LogP) is 1.50. The van der Waals surface area contributed by atoms with Crippen LogP contribution < -0.4 is 10.5 Å². The summed E-state index contributed by atoms with van der Waals surface area (Å²) in [6, 6.07) is 2.13. The van der Waals surface area contributed by atoms with Crippen molar-refractivity contribution in [3.8, 4) is 0 Å². The molecule has 0 aliphatic carbocycles. The number of hydrogen-bond donors (Lipinski definition) is 3. The van der Waals surface area contributed by atoms with Crippen molar-refractivity contribution >= 4 is 27.3 Å². The van der Waals surface area contributed by atoms with Gasteiger partial charge in [0.25, 0.3) is 0 Å². The van der Waals surface area contributed by atoms with E-state index in [1.165, 1.54) is 0 Å². The zero-order valence-corrected chi connectivity index (χ0v) is 12.1. The highest BCUT2D eigenvalue weighted by atomic mass is 35.5. The smallest absolute Gasteiger partial charge is 0.244 e. The first-order valence-corrected chi connectivity index (χ1v) is 7.34. The molecule has 4 N–H and O–H groups in total. The van der Waals surface area contributed by atoms with Crippen LogP contribution in [-0.2, 0) is 10.0 Å². The number of halogens is 2. The van der Waals surface area contributed by atoms with Gasteiger partial charge in [0, 0.05) is 17.8 Å². The van der Waals surface area contributed by atoms with E-state index in [0.29, 0.717) is 0 Å². The number of rotatable bonds is 5. The van der Waals surface area contributed by atoms with E-state index in [4.69, 9.17) is 22.4 Å². The third kappa shape index (κ3) is 4.04. The van der Waals surface area contributed by atoms with Crippen molar-refractivity contribution in [3.63, 3.8) is 0 Å². The molecule has 0 fully saturated rings. The van der Waals surface area contributed by atoms with Gasteiger partial charge in [0.15, 0.2) is 5.82 Å². The normalized spacial score (nSPS) is 12.7. The Balaban J connectivity index is 3.22. The van der Waals surface area contributed by atoms with Crippen LogP contribution in [-0.4, -0.2) is 25.7 Å². The molecule has 0 saturated carbocycles. The lowest BCUT2D eigenvalue weighted by atomic mass is 10.0. The van der Waals surface area contributed by atoms with Gasteiger partial charge in [0.2, 0.25) is 10.0 Å². The van der Waals surface area contributed by atoms with Crippen molar-refractivity contribution in [2.75, 3.05) is 12.3 Å². The van der Waals surface area contributed by atoms with Gasteiger partial charge in [0.05, 0.1) is 5.02 Å². The molecule has 8 heteroatoms. The summed E-state index contributed by atoms with van der Waals surface area (Å²) in [6.07, 6.45) is 0.184. The largest absolute Gasteiger partial charge is 0.399 e. The Bertz CT molecular complexity index is 576. The van der Waals surface area contributed by atoms with Gasteiger partial charge in [-0.15, -0.1) is 0 Å². The summed E-state index contributed by atoms with van der Waals surface area (Å²) in [4.78, 5) is -0.608. The summed E-state index contributed by atoms with van der Waals surface area (Å²) in [7, 11) is -4.12. The van der Waals surface area contributed by atoms with Crippen molar-refractivity contribution in [3.05, 3.63) is 23.0 Å².